The van der Waals surface area contributed by atoms with Gasteiger partial charge in [0.05, 0.1) is 0 Å². The summed E-state index contributed by atoms with van der Waals surface area (Å²) >= 11 is 0. The van der Waals surface area contributed by atoms with Crippen LogP contribution in [-0.4, -0.2) is 29.5 Å². The van der Waals surface area contributed by atoms with Gasteiger partial charge in [0.25, 0.3) is 0 Å². The lowest BCUT2D eigenvalue weighted by molar-refractivity contribution is 0.275. The monoisotopic (exact) mass is 246 g/mol. The third-order valence-corrected chi connectivity index (χ3v) is 0.496. The molecule has 10 heteroatoms. The highest BCUT2D eigenvalue weighted by molar-refractivity contribution is 7.45. The molecule has 14 heavy (non-hydrogen) atoms. The molecular weight excluding hydrogens is 236 g/mol. The minimum atomic E-state index is -4.64. The summed E-state index contributed by atoms with van der Waals surface area (Å²) in [6.45, 7) is 0. The number of H-pyrrole nitrogens is 1. The fourth-order valence-electron chi connectivity index (χ4n) is 0.278. The van der Waals surface area contributed by atoms with Crippen molar-refractivity contribution in [3.05, 3.63) is 24.5 Å². The zero-order valence-electron chi connectivity index (χ0n) is 6.76. The van der Waals surface area contributed by atoms with Crippen LogP contribution in [0.5, 0.6) is 0 Å². The Hall–Kier alpha value is -0.590. The second-order valence-electron chi connectivity index (χ2n) is 1.65. The van der Waals surface area contributed by atoms with Gasteiger partial charge in [-0.2, -0.15) is 0 Å². The molecule has 0 amide bonds. The summed E-state index contributed by atoms with van der Waals surface area (Å²) in [5.41, 5.74) is 0. The Bertz CT molecular complexity index is 238. The van der Waals surface area contributed by atoms with Crippen LogP contribution in [0.4, 0.5) is 0 Å². The maximum atomic E-state index is 8.88. The van der Waals surface area contributed by atoms with E-state index in [2.05, 4.69) is 4.98 Å². The van der Waals surface area contributed by atoms with Gasteiger partial charge in [0.1, 0.15) is 0 Å². The molecule has 0 unspecified atom stereocenters. The van der Waals surface area contributed by atoms with E-state index in [4.69, 9.17) is 33.6 Å². The number of hydrogen-bond acceptors (Lipinski definition) is 2. The molecule has 1 aromatic heterocycles. The first-order chi connectivity index (χ1) is 6.23. The summed E-state index contributed by atoms with van der Waals surface area (Å²) in [6, 6.07) is 3.89. The second-order valence-corrected chi connectivity index (χ2v) is 3.18. The van der Waals surface area contributed by atoms with Gasteiger partial charge in [-0.3, -0.25) is 0 Å². The van der Waals surface area contributed by atoms with Crippen molar-refractivity contribution in [1.29, 1.82) is 0 Å². The van der Waals surface area contributed by atoms with E-state index in [1.54, 1.807) is 0 Å². The average molecular weight is 246 g/mol. The van der Waals surface area contributed by atoms with Crippen molar-refractivity contribution in [1.82, 2.24) is 4.98 Å². The lowest BCUT2D eigenvalue weighted by atomic mass is 10.7. The topological polar surface area (TPSA) is 151 Å². The standard InChI is InChI=1S/C4H5N.H3O4P.HO3P/c1-2-4-5-3-1;1-5(2,3)4;1-4(2)3/h1-5H;(H3,1,2,3,4);(H-,1,2,3)/p+1. The zero-order chi connectivity index (χ0) is 11.6. The van der Waals surface area contributed by atoms with Crippen LogP contribution in [0.3, 0.4) is 0 Å². The quantitative estimate of drug-likeness (QED) is 0.344. The van der Waals surface area contributed by atoms with Crippen LogP contribution in [0.2, 0.25) is 0 Å². The van der Waals surface area contributed by atoms with Crippen molar-refractivity contribution < 1.29 is 33.6 Å². The highest BCUT2D eigenvalue weighted by atomic mass is 31.2. The summed E-state index contributed by atoms with van der Waals surface area (Å²) in [5.74, 6) is 0. The van der Waals surface area contributed by atoms with Gasteiger partial charge in [-0.25, -0.2) is 4.57 Å². The van der Waals surface area contributed by atoms with E-state index in [-0.39, 0.29) is 0 Å². The Morgan fingerprint density at radius 3 is 1.36 bits per heavy atom. The maximum Gasteiger partial charge on any atom is 0.692 e. The molecule has 0 aromatic carbocycles. The number of phosphoric acid groups is 1. The van der Waals surface area contributed by atoms with Crippen molar-refractivity contribution in [3.63, 3.8) is 0 Å². The molecule has 0 aliphatic rings. The summed E-state index contributed by atoms with van der Waals surface area (Å²) in [4.78, 5) is 38.7. The first-order valence-electron chi connectivity index (χ1n) is 2.94. The fraction of sp³-hybridized carbons (Fsp3) is 0. The molecule has 0 radical (unpaired) electrons. The largest absolute Gasteiger partial charge is 0.692 e. The van der Waals surface area contributed by atoms with Gasteiger partial charge in [-0.1, -0.05) is 0 Å². The molecule has 6 N–H and O–H groups in total. The molecule has 0 aliphatic carbocycles. The average Bonchev–Trinajstić information content (AvgIpc) is 2.32. The van der Waals surface area contributed by atoms with Crippen molar-refractivity contribution >= 4 is 16.1 Å². The summed E-state index contributed by atoms with van der Waals surface area (Å²) in [7, 11) is -7.51. The van der Waals surface area contributed by atoms with Crippen molar-refractivity contribution in [2.45, 2.75) is 0 Å². The minimum Gasteiger partial charge on any atom is -0.368 e. The first-order valence-corrected chi connectivity index (χ1v) is 5.67. The molecule has 8 nitrogen and oxygen atoms in total. The van der Waals surface area contributed by atoms with E-state index < -0.39 is 16.1 Å². The van der Waals surface area contributed by atoms with Crippen molar-refractivity contribution in [2.24, 2.45) is 0 Å². The lowest BCUT2D eigenvalue weighted by Crippen LogP contribution is -1.66. The molecule has 0 atom stereocenters. The van der Waals surface area contributed by atoms with Crippen LogP contribution >= 0.6 is 16.1 Å². The second kappa shape index (κ2) is 8.98. The Kier molecular flexibility index (Phi) is 10.2. The van der Waals surface area contributed by atoms with Crippen molar-refractivity contribution in [3.8, 4) is 0 Å². The van der Waals surface area contributed by atoms with Gasteiger partial charge in [0.2, 0.25) is 0 Å². The van der Waals surface area contributed by atoms with Crippen LogP contribution in [0.15, 0.2) is 24.5 Å². The molecule has 0 fully saturated rings. The molecule has 1 heterocycles. The van der Waals surface area contributed by atoms with E-state index in [1.165, 1.54) is 0 Å². The smallest absolute Gasteiger partial charge is 0.368 e. The molecular formula is C4H10NO7P2+. The van der Waals surface area contributed by atoms with Crippen LogP contribution in [0, 0.1) is 0 Å². The van der Waals surface area contributed by atoms with Gasteiger partial charge >= 0.3 is 16.1 Å². The molecule has 1 aromatic rings. The minimum absolute atomic E-state index is 1.88. The number of nitrogens with one attached hydrogen (secondary N) is 1. The molecule has 82 valence electrons. The number of rotatable bonds is 0. The predicted molar refractivity (Wildman–Crippen MR) is 47.1 cm³/mol. The Balaban J connectivity index is 0. The number of hydrogen-bond donors (Lipinski definition) is 6. The highest BCUT2D eigenvalue weighted by Gasteiger charge is 2.00. The number of aromatic amines is 1. The zero-order valence-corrected chi connectivity index (χ0v) is 8.55. The van der Waals surface area contributed by atoms with Gasteiger partial charge in [0.15, 0.2) is 0 Å². The molecule has 0 bridgehead atoms. The van der Waals surface area contributed by atoms with Crippen LogP contribution in [0.25, 0.3) is 0 Å². The van der Waals surface area contributed by atoms with E-state index in [1.807, 2.05) is 24.5 Å². The van der Waals surface area contributed by atoms with E-state index in [9.17, 15) is 0 Å². The van der Waals surface area contributed by atoms with E-state index >= 15 is 0 Å². The molecule has 0 saturated carbocycles. The highest BCUT2D eigenvalue weighted by Crippen LogP contribution is 2.25. The van der Waals surface area contributed by atoms with Crippen LogP contribution in [0.1, 0.15) is 0 Å². The number of aromatic nitrogens is 1. The van der Waals surface area contributed by atoms with E-state index in [0.717, 1.165) is 0 Å². The van der Waals surface area contributed by atoms with Crippen LogP contribution in [-0.2, 0) is 9.13 Å². The summed E-state index contributed by atoms with van der Waals surface area (Å²) in [5, 5.41) is 0. The Morgan fingerprint density at radius 1 is 1.07 bits per heavy atom. The lowest BCUT2D eigenvalue weighted by Gasteiger charge is -1.82. The van der Waals surface area contributed by atoms with Crippen molar-refractivity contribution in [2.75, 3.05) is 0 Å². The molecule has 1 rings (SSSR count). The third-order valence-electron chi connectivity index (χ3n) is 0.496. The van der Waals surface area contributed by atoms with Gasteiger partial charge in [0, 0.05) is 17.0 Å². The Labute approximate surface area is 80.1 Å². The molecule has 0 spiro atoms. The molecule has 0 aliphatic heterocycles. The van der Waals surface area contributed by atoms with Crippen LogP contribution < -0.4 is 0 Å². The fourth-order valence-corrected chi connectivity index (χ4v) is 0.278. The maximum absolute atomic E-state index is 8.88. The van der Waals surface area contributed by atoms with E-state index in [0.29, 0.717) is 0 Å². The van der Waals surface area contributed by atoms with Gasteiger partial charge < -0.3 is 19.7 Å². The normalized spacial score (nSPS) is 8.93. The SMILES string of the molecule is O=P(O)(O)O.O=[P+](O)O.c1cc[nH]c1. The van der Waals surface area contributed by atoms with Gasteiger partial charge in [-0.05, 0) is 12.1 Å². The third kappa shape index (κ3) is 63.6. The Morgan fingerprint density at radius 2 is 1.29 bits per heavy atom. The summed E-state index contributed by atoms with van der Waals surface area (Å²) < 4.78 is 17.6. The molecule has 0 saturated heterocycles. The summed E-state index contributed by atoms with van der Waals surface area (Å²) in [6.07, 6.45) is 3.75. The predicted octanol–water partition coefficient (Wildman–Crippen LogP) is -0.286. The first kappa shape index (κ1) is 15.9. The van der Waals surface area contributed by atoms with Gasteiger partial charge in [-0.15, -0.1) is 9.79 Å².